The van der Waals surface area contributed by atoms with Gasteiger partial charge in [-0.05, 0) is 26.2 Å². The number of nitrogens with zero attached hydrogens (tertiary/aromatic N) is 3. The van der Waals surface area contributed by atoms with Crippen LogP contribution in [0.3, 0.4) is 0 Å². The minimum Gasteiger partial charge on any atom is -0.466 e. The first-order chi connectivity index (χ1) is 10.7. The Hall–Kier alpha value is -1.85. The molecule has 2 atom stereocenters. The second kappa shape index (κ2) is 6.50. The van der Waals surface area contributed by atoms with E-state index in [0.29, 0.717) is 19.6 Å². The highest BCUT2D eigenvalue weighted by Gasteiger charge is 2.34. The van der Waals surface area contributed by atoms with Gasteiger partial charge in [-0.15, -0.1) is 0 Å². The van der Waals surface area contributed by atoms with E-state index in [1.807, 2.05) is 18.0 Å². The number of imidazole rings is 1. The van der Waals surface area contributed by atoms with Gasteiger partial charge in [0.1, 0.15) is 5.82 Å². The summed E-state index contributed by atoms with van der Waals surface area (Å²) in [5, 5.41) is 0. The van der Waals surface area contributed by atoms with Gasteiger partial charge < -0.3 is 14.2 Å². The molecule has 1 saturated heterocycles. The zero-order valence-corrected chi connectivity index (χ0v) is 13.0. The first kappa shape index (κ1) is 15.1. The third kappa shape index (κ3) is 3.00. The highest BCUT2D eigenvalue weighted by atomic mass is 16.5. The Morgan fingerprint density at radius 3 is 3.00 bits per heavy atom. The number of aryl methyl sites for hydroxylation is 1. The minimum atomic E-state index is -0.167. The van der Waals surface area contributed by atoms with Crippen LogP contribution in [0.5, 0.6) is 0 Å². The number of fused-ring (bicyclic) bond motifs is 1. The quantitative estimate of drug-likeness (QED) is 0.788. The number of amides is 1. The van der Waals surface area contributed by atoms with Crippen LogP contribution in [-0.2, 0) is 27.3 Å². The van der Waals surface area contributed by atoms with Crippen molar-refractivity contribution in [2.75, 3.05) is 19.7 Å². The molecule has 3 rings (SSSR count). The SMILES string of the molecule is CCOC(=O)C1CCCN(C(=O)C2CCn3ccnc3C2)C1. The van der Waals surface area contributed by atoms with Crippen molar-refractivity contribution in [3.05, 3.63) is 18.2 Å². The van der Waals surface area contributed by atoms with Crippen molar-refractivity contribution in [2.45, 2.75) is 39.2 Å². The average molecular weight is 305 g/mol. The summed E-state index contributed by atoms with van der Waals surface area (Å²) in [6, 6.07) is 0. The molecule has 0 bridgehead atoms. The predicted octanol–water partition coefficient (Wildman–Crippen LogP) is 1.25. The molecule has 0 N–H and O–H groups in total. The molecular weight excluding hydrogens is 282 g/mol. The van der Waals surface area contributed by atoms with E-state index >= 15 is 0 Å². The van der Waals surface area contributed by atoms with Crippen LogP contribution in [0, 0.1) is 11.8 Å². The van der Waals surface area contributed by atoms with Gasteiger partial charge in [-0.3, -0.25) is 9.59 Å². The zero-order chi connectivity index (χ0) is 15.5. The lowest BCUT2D eigenvalue weighted by atomic mass is 9.92. The number of hydrogen-bond acceptors (Lipinski definition) is 4. The topological polar surface area (TPSA) is 64.4 Å². The molecule has 0 aliphatic carbocycles. The predicted molar refractivity (Wildman–Crippen MR) is 80.0 cm³/mol. The van der Waals surface area contributed by atoms with E-state index < -0.39 is 0 Å². The third-order valence-corrected chi connectivity index (χ3v) is 4.65. The summed E-state index contributed by atoms with van der Waals surface area (Å²) in [7, 11) is 0. The maximum Gasteiger partial charge on any atom is 0.310 e. The molecule has 0 aromatic carbocycles. The van der Waals surface area contributed by atoms with Gasteiger partial charge in [0, 0.05) is 44.4 Å². The second-order valence-corrected chi connectivity index (χ2v) is 6.10. The molecular formula is C16H23N3O3. The molecule has 6 heteroatoms. The lowest BCUT2D eigenvalue weighted by Crippen LogP contribution is -2.46. The number of carbonyl (C=O) groups is 2. The Labute approximate surface area is 130 Å². The third-order valence-electron chi connectivity index (χ3n) is 4.65. The van der Waals surface area contributed by atoms with Gasteiger partial charge in [0.15, 0.2) is 0 Å². The van der Waals surface area contributed by atoms with Crippen LogP contribution < -0.4 is 0 Å². The number of piperidine rings is 1. The molecule has 0 spiro atoms. The van der Waals surface area contributed by atoms with Crippen molar-refractivity contribution in [1.29, 1.82) is 0 Å². The van der Waals surface area contributed by atoms with Gasteiger partial charge in [0.25, 0.3) is 0 Å². The molecule has 0 radical (unpaired) electrons. The van der Waals surface area contributed by atoms with Crippen molar-refractivity contribution < 1.29 is 14.3 Å². The van der Waals surface area contributed by atoms with Crippen molar-refractivity contribution in [2.24, 2.45) is 11.8 Å². The highest BCUT2D eigenvalue weighted by molar-refractivity contribution is 5.80. The van der Waals surface area contributed by atoms with Crippen LogP contribution in [0.4, 0.5) is 0 Å². The maximum absolute atomic E-state index is 12.7. The molecule has 6 nitrogen and oxygen atoms in total. The van der Waals surface area contributed by atoms with Crippen LogP contribution in [0.25, 0.3) is 0 Å². The molecule has 2 aliphatic heterocycles. The van der Waals surface area contributed by atoms with Crippen molar-refractivity contribution in [1.82, 2.24) is 14.5 Å². The zero-order valence-electron chi connectivity index (χ0n) is 13.0. The van der Waals surface area contributed by atoms with E-state index in [0.717, 1.165) is 38.2 Å². The average Bonchev–Trinajstić information content (AvgIpc) is 3.02. The number of likely N-dealkylation sites (tertiary alicyclic amines) is 1. The Kier molecular flexibility index (Phi) is 4.45. The first-order valence-electron chi connectivity index (χ1n) is 8.14. The normalized spacial score (nSPS) is 24.7. The van der Waals surface area contributed by atoms with E-state index in [-0.39, 0.29) is 23.7 Å². The largest absolute Gasteiger partial charge is 0.466 e. The van der Waals surface area contributed by atoms with E-state index in [9.17, 15) is 9.59 Å². The summed E-state index contributed by atoms with van der Waals surface area (Å²) in [5.41, 5.74) is 0. The monoisotopic (exact) mass is 305 g/mol. The van der Waals surface area contributed by atoms with Crippen molar-refractivity contribution >= 4 is 11.9 Å². The van der Waals surface area contributed by atoms with E-state index in [1.165, 1.54) is 0 Å². The van der Waals surface area contributed by atoms with E-state index in [1.54, 1.807) is 6.20 Å². The molecule has 120 valence electrons. The smallest absolute Gasteiger partial charge is 0.310 e. The number of rotatable bonds is 3. The number of carbonyl (C=O) groups excluding carboxylic acids is 2. The molecule has 1 amide bonds. The van der Waals surface area contributed by atoms with Gasteiger partial charge in [-0.25, -0.2) is 4.98 Å². The fourth-order valence-electron chi connectivity index (χ4n) is 3.45. The summed E-state index contributed by atoms with van der Waals surface area (Å²) in [4.78, 5) is 30.8. The molecule has 1 aromatic heterocycles. The molecule has 2 aliphatic rings. The second-order valence-electron chi connectivity index (χ2n) is 6.10. The number of esters is 1. The molecule has 1 fully saturated rings. The van der Waals surface area contributed by atoms with E-state index in [4.69, 9.17) is 4.74 Å². The van der Waals surface area contributed by atoms with Crippen LogP contribution in [0.2, 0.25) is 0 Å². The number of hydrogen-bond donors (Lipinski definition) is 0. The summed E-state index contributed by atoms with van der Waals surface area (Å²) >= 11 is 0. The fourth-order valence-corrected chi connectivity index (χ4v) is 3.45. The van der Waals surface area contributed by atoms with Gasteiger partial charge in [0.2, 0.25) is 5.91 Å². The summed E-state index contributed by atoms with van der Waals surface area (Å²) in [5.74, 6) is 0.824. The fraction of sp³-hybridized carbons (Fsp3) is 0.688. The van der Waals surface area contributed by atoms with Crippen molar-refractivity contribution in [3.63, 3.8) is 0 Å². The molecule has 0 saturated carbocycles. The Morgan fingerprint density at radius 2 is 2.18 bits per heavy atom. The van der Waals surface area contributed by atoms with Gasteiger partial charge in [0.05, 0.1) is 12.5 Å². The van der Waals surface area contributed by atoms with Crippen LogP contribution >= 0.6 is 0 Å². The highest BCUT2D eigenvalue weighted by Crippen LogP contribution is 2.25. The molecule has 2 unspecified atom stereocenters. The van der Waals surface area contributed by atoms with Gasteiger partial charge >= 0.3 is 5.97 Å². The lowest BCUT2D eigenvalue weighted by Gasteiger charge is -2.35. The standard InChI is InChI=1S/C16H23N3O3/c1-2-22-16(21)13-4-3-7-19(11-13)15(20)12-5-8-18-9-6-17-14(18)10-12/h6,9,12-13H,2-5,7-8,10-11H2,1H3. The number of aromatic nitrogens is 2. The lowest BCUT2D eigenvalue weighted by molar-refractivity contribution is -0.152. The van der Waals surface area contributed by atoms with E-state index in [2.05, 4.69) is 9.55 Å². The molecule has 3 heterocycles. The van der Waals surface area contributed by atoms with Crippen LogP contribution in [0.1, 0.15) is 32.0 Å². The Balaban J connectivity index is 1.61. The van der Waals surface area contributed by atoms with Gasteiger partial charge in [-0.1, -0.05) is 0 Å². The molecule has 1 aromatic rings. The molecule has 22 heavy (non-hydrogen) atoms. The Bertz CT molecular complexity index is 555. The first-order valence-corrected chi connectivity index (χ1v) is 8.14. The maximum atomic E-state index is 12.7. The summed E-state index contributed by atoms with van der Waals surface area (Å²) < 4.78 is 7.21. The van der Waals surface area contributed by atoms with Gasteiger partial charge in [-0.2, -0.15) is 0 Å². The Morgan fingerprint density at radius 1 is 1.32 bits per heavy atom. The summed E-state index contributed by atoms with van der Waals surface area (Å²) in [6.07, 6.45) is 7.00. The van der Waals surface area contributed by atoms with Crippen LogP contribution in [-0.4, -0.2) is 46.0 Å². The van der Waals surface area contributed by atoms with Crippen molar-refractivity contribution in [3.8, 4) is 0 Å². The minimum absolute atomic E-state index is 0.00385. The number of ether oxygens (including phenoxy) is 1. The van der Waals surface area contributed by atoms with Crippen LogP contribution in [0.15, 0.2) is 12.4 Å². The summed E-state index contributed by atoms with van der Waals surface area (Å²) in [6.45, 7) is 4.31.